The van der Waals surface area contributed by atoms with E-state index in [0.29, 0.717) is 23.0 Å². The molecule has 0 aromatic heterocycles. The van der Waals surface area contributed by atoms with Crippen LogP contribution in [0.15, 0.2) is 24.8 Å². The van der Waals surface area contributed by atoms with Gasteiger partial charge in [-0.3, -0.25) is 0 Å². The lowest BCUT2D eigenvalue weighted by Gasteiger charge is -2.10. The summed E-state index contributed by atoms with van der Waals surface area (Å²) >= 11 is 5.78. The van der Waals surface area contributed by atoms with E-state index in [1.165, 1.54) is 18.2 Å². The molecule has 0 saturated carbocycles. The van der Waals surface area contributed by atoms with E-state index in [9.17, 15) is 4.79 Å². The molecule has 1 aromatic rings. The third-order valence-electron chi connectivity index (χ3n) is 1.83. The van der Waals surface area contributed by atoms with Crippen molar-refractivity contribution in [1.29, 1.82) is 0 Å². The molecule has 0 amide bonds. The number of rotatable bonds is 4. The highest BCUT2D eigenvalue weighted by molar-refractivity contribution is 6.30. The van der Waals surface area contributed by atoms with Crippen molar-refractivity contribution >= 4 is 23.3 Å². The number of ether oxygens (including phenoxy) is 1. The molecule has 0 atom stereocenters. The number of carbonyl (C=O) groups is 1. The monoisotopic (exact) mass is 226 g/mol. The summed E-state index contributed by atoms with van der Waals surface area (Å²) in [6, 6.07) is 4.49. The Balaban J connectivity index is 3.18. The molecular weight excluding hydrogens is 216 g/mol. The molecule has 1 aromatic carbocycles. The zero-order valence-electron chi connectivity index (χ0n) is 8.29. The van der Waals surface area contributed by atoms with E-state index in [0.717, 1.165) is 0 Å². The molecule has 0 saturated heterocycles. The van der Waals surface area contributed by atoms with Crippen molar-refractivity contribution in [1.82, 2.24) is 0 Å². The fourth-order valence-corrected chi connectivity index (χ4v) is 1.36. The minimum absolute atomic E-state index is 0.137. The number of benzene rings is 1. The van der Waals surface area contributed by atoms with Gasteiger partial charge in [0, 0.05) is 10.6 Å². The van der Waals surface area contributed by atoms with Gasteiger partial charge < -0.3 is 9.84 Å². The third kappa shape index (κ3) is 2.73. The van der Waals surface area contributed by atoms with Crippen LogP contribution < -0.4 is 0 Å². The predicted molar refractivity (Wildman–Crippen MR) is 59.1 cm³/mol. The van der Waals surface area contributed by atoms with Gasteiger partial charge in [-0.25, -0.2) is 4.79 Å². The number of hydrogen-bond donors (Lipinski definition) is 1. The Morgan fingerprint density at radius 3 is 2.73 bits per heavy atom. The smallest absolute Gasteiger partial charge is 0.336 e. The number of halogens is 1. The van der Waals surface area contributed by atoms with E-state index in [1.807, 2.05) is 0 Å². The molecule has 3 nitrogen and oxygen atoms in total. The molecule has 0 radical (unpaired) electrons. The van der Waals surface area contributed by atoms with E-state index in [2.05, 4.69) is 6.58 Å². The molecule has 1 rings (SSSR count). The van der Waals surface area contributed by atoms with Gasteiger partial charge in [0.15, 0.2) is 0 Å². The number of carboxylic acid groups (broad SMARTS) is 1. The first kappa shape index (κ1) is 11.6. The highest BCUT2D eigenvalue weighted by atomic mass is 35.5. The molecule has 0 aliphatic heterocycles. The molecule has 0 aliphatic carbocycles. The van der Waals surface area contributed by atoms with Crippen molar-refractivity contribution in [2.45, 2.75) is 6.92 Å². The SMILES string of the molecule is C=C(OCC)c1cc(Cl)ccc1C(=O)O. The minimum Gasteiger partial charge on any atom is -0.494 e. The molecule has 0 bridgehead atoms. The predicted octanol–water partition coefficient (Wildman–Crippen LogP) is 3.05. The summed E-state index contributed by atoms with van der Waals surface area (Å²) in [5.74, 6) is -0.708. The van der Waals surface area contributed by atoms with Crippen molar-refractivity contribution in [2.75, 3.05) is 6.61 Å². The molecule has 0 fully saturated rings. The summed E-state index contributed by atoms with van der Waals surface area (Å²) in [5, 5.41) is 9.39. The largest absolute Gasteiger partial charge is 0.494 e. The van der Waals surface area contributed by atoms with Gasteiger partial charge in [-0.1, -0.05) is 18.2 Å². The van der Waals surface area contributed by atoms with Crippen LogP contribution in [0.25, 0.3) is 5.76 Å². The van der Waals surface area contributed by atoms with Gasteiger partial charge in [-0.15, -0.1) is 0 Å². The van der Waals surface area contributed by atoms with Crippen LogP contribution in [0.2, 0.25) is 5.02 Å². The maximum absolute atomic E-state index is 10.9. The first-order chi connectivity index (χ1) is 7.06. The van der Waals surface area contributed by atoms with Gasteiger partial charge in [0.05, 0.1) is 12.2 Å². The van der Waals surface area contributed by atoms with E-state index in [4.69, 9.17) is 21.4 Å². The van der Waals surface area contributed by atoms with Crippen LogP contribution in [-0.4, -0.2) is 17.7 Å². The van der Waals surface area contributed by atoms with Crippen LogP contribution in [-0.2, 0) is 4.74 Å². The van der Waals surface area contributed by atoms with Crippen molar-refractivity contribution in [3.63, 3.8) is 0 Å². The van der Waals surface area contributed by atoms with Crippen molar-refractivity contribution in [3.8, 4) is 0 Å². The summed E-state index contributed by atoms with van der Waals surface area (Å²) in [6.07, 6.45) is 0. The van der Waals surface area contributed by atoms with E-state index < -0.39 is 5.97 Å². The summed E-state index contributed by atoms with van der Waals surface area (Å²) in [6.45, 7) is 5.89. The highest BCUT2D eigenvalue weighted by Crippen LogP contribution is 2.23. The second-order valence-electron chi connectivity index (χ2n) is 2.85. The maximum Gasteiger partial charge on any atom is 0.336 e. The van der Waals surface area contributed by atoms with Crippen molar-refractivity contribution < 1.29 is 14.6 Å². The topological polar surface area (TPSA) is 46.5 Å². The van der Waals surface area contributed by atoms with Crippen LogP contribution in [0.5, 0.6) is 0 Å². The number of carboxylic acids is 1. The lowest BCUT2D eigenvalue weighted by atomic mass is 10.1. The molecule has 0 aliphatic rings. The zero-order valence-corrected chi connectivity index (χ0v) is 9.04. The average Bonchev–Trinajstić information content (AvgIpc) is 2.17. The van der Waals surface area contributed by atoms with Gasteiger partial charge in [0.2, 0.25) is 0 Å². The van der Waals surface area contributed by atoms with Gasteiger partial charge >= 0.3 is 5.97 Å². The zero-order chi connectivity index (χ0) is 11.4. The van der Waals surface area contributed by atoms with Crippen LogP contribution in [0, 0.1) is 0 Å². The molecule has 1 N–H and O–H groups in total. The van der Waals surface area contributed by atoms with E-state index in [-0.39, 0.29) is 5.56 Å². The normalized spacial score (nSPS) is 9.73. The lowest BCUT2D eigenvalue weighted by Crippen LogP contribution is -2.03. The molecule has 80 valence electrons. The summed E-state index contributed by atoms with van der Waals surface area (Å²) in [5.41, 5.74) is 0.551. The van der Waals surface area contributed by atoms with Crippen LogP contribution >= 0.6 is 11.6 Å². The maximum atomic E-state index is 10.9. The van der Waals surface area contributed by atoms with Crippen molar-refractivity contribution in [3.05, 3.63) is 40.9 Å². The van der Waals surface area contributed by atoms with Gasteiger partial charge in [0.1, 0.15) is 5.76 Å². The van der Waals surface area contributed by atoms with Crippen LogP contribution in [0.1, 0.15) is 22.8 Å². The lowest BCUT2D eigenvalue weighted by molar-refractivity contribution is 0.0696. The molecule has 0 spiro atoms. The Labute approximate surface area is 92.9 Å². The molecular formula is C11H11ClO3. The third-order valence-corrected chi connectivity index (χ3v) is 2.07. The first-order valence-corrected chi connectivity index (χ1v) is 4.79. The first-order valence-electron chi connectivity index (χ1n) is 4.41. The Morgan fingerprint density at radius 1 is 1.53 bits per heavy atom. The Morgan fingerprint density at radius 2 is 2.20 bits per heavy atom. The molecule has 15 heavy (non-hydrogen) atoms. The van der Waals surface area contributed by atoms with Crippen molar-refractivity contribution in [2.24, 2.45) is 0 Å². The summed E-state index contributed by atoms with van der Waals surface area (Å²) < 4.78 is 5.16. The van der Waals surface area contributed by atoms with Gasteiger partial charge in [-0.05, 0) is 25.1 Å². The fourth-order valence-electron chi connectivity index (χ4n) is 1.19. The molecule has 4 heteroatoms. The second-order valence-corrected chi connectivity index (χ2v) is 3.29. The summed E-state index contributed by atoms with van der Waals surface area (Å²) in [7, 11) is 0. The van der Waals surface area contributed by atoms with Crippen LogP contribution in [0.4, 0.5) is 0 Å². The molecule has 0 unspecified atom stereocenters. The van der Waals surface area contributed by atoms with Crippen LogP contribution in [0.3, 0.4) is 0 Å². The average molecular weight is 227 g/mol. The Hall–Kier alpha value is -1.48. The highest BCUT2D eigenvalue weighted by Gasteiger charge is 2.13. The summed E-state index contributed by atoms with van der Waals surface area (Å²) in [4.78, 5) is 10.9. The second kappa shape index (κ2) is 4.84. The number of hydrogen-bond acceptors (Lipinski definition) is 2. The fraction of sp³-hybridized carbons (Fsp3) is 0.182. The Kier molecular flexibility index (Phi) is 3.74. The standard InChI is InChI=1S/C11H11ClO3/c1-3-15-7(2)10-6-8(12)4-5-9(10)11(13)14/h4-6H,2-3H2,1H3,(H,13,14). The van der Waals surface area contributed by atoms with E-state index in [1.54, 1.807) is 6.92 Å². The Bertz CT molecular complexity index is 399. The van der Waals surface area contributed by atoms with E-state index >= 15 is 0 Å². The minimum atomic E-state index is -1.03. The molecule has 0 heterocycles. The number of aromatic carboxylic acids is 1. The quantitative estimate of drug-likeness (QED) is 0.803. The van der Waals surface area contributed by atoms with Gasteiger partial charge in [0.25, 0.3) is 0 Å². The van der Waals surface area contributed by atoms with Gasteiger partial charge in [-0.2, -0.15) is 0 Å².